The number of ether oxygens (including phenoxy) is 1. The molecule has 9 heteroatoms. The molecule has 3 aromatic rings. The maximum absolute atomic E-state index is 14.9. The minimum atomic E-state index is -0.559. The van der Waals surface area contributed by atoms with Crippen molar-refractivity contribution in [3.05, 3.63) is 76.4 Å². The van der Waals surface area contributed by atoms with Gasteiger partial charge in [-0.05, 0) is 57.4 Å². The molecule has 1 saturated heterocycles. The Kier molecular flexibility index (Phi) is 7.10. The largest absolute Gasteiger partial charge is 0.453 e. The molecule has 1 aliphatic rings. The summed E-state index contributed by atoms with van der Waals surface area (Å²) >= 11 is 3.28. The quantitative estimate of drug-likeness (QED) is 0.458. The molecule has 2 amide bonds. The zero-order valence-corrected chi connectivity index (χ0v) is 19.5. The first-order valence-corrected chi connectivity index (χ1v) is 11.2. The van der Waals surface area contributed by atoms with E-state index in [1.54, 1.807) is 12.1 Å². The molecule has 0 radical (unpaired) electrons. The fraction of sp³-hybridized carbons (Fsp3) is 0.250. The van der Waals surface area contributed by atoms with E-state index in [4.69, 9.17) is 9.15 Å². The number of cyclic esters (lactones) is 1. The summed E-state index contributed by atoms with van der Waals surface area (Å²) in [5.41, 5.74) is 2.66. The molecule has 2 N–H and O–H groups in total. The van der Waals surface area contributed by atoms with Gasteiger partial charge in [0.1, 0.15) is 17.7 Å². The average Bonchev–Trinajstić information content (AvgIpc) is 3.38. The van der Waals surface area contributed by atoms with Crippen molar-refractivity contribution in [2.24, 2.45) is 0 Å². The van der Waals surface area contributed by atoms with Gasteiger partial charge in [0.25, 0.3) is 0 Å². The van der Waals surface area contributed by atoms with Gasteiger partial charge >= 0.3 is 6.09 Å². The zero-order chi connectivity index (χ0) is 23.4. The van der Waals surface area contributed by atoms with Gasteiger partial charge in [-0.3, -0.25) is 9.69 Å². The number of amides is 2. The summed E-state index contributed by atoms with van der Waals surface area (Å²) in [6.45, 7) is 3.11. The number of carbonyl (C=O) groups is 2. The Morgan fingerprint density at radius 3 is 2.61 bits per heavy atom. The van der Waals surface area contributed by atoms with Crippen LogP contribution in [0, 0.1) is 5.82 Å². The van der Waals surface area contributed by atoms with Gasteiger partial charge in [0.2, 0.25) is 5.91 Å². The zero-order valence-electron chi connectivity index (χ0n) is 17.9. The molecule has 172 valence electrons. The van der Waals surface area contributed by atoms with E-state index in [0.29, 0.717) is 29.0 Å². The molecule has 1 fully saturated rings. The van der Waals surface area contributed by atoms with E-state index in [-0.39, 0.29) is 19.0 Å². The van der Waals surface area contributed by atoms with Crippen molar-refractivity contribution in [1.29, 1.82) is 0 Å². The minimum Gasteiger partial charge on any atom is -0.453 e. The van der Waals surface area contributed by atoms with Crippen LogP contribution in [-0.4, -0.2) is 31.2 Å². The van der Waals surface area contributed by atoms with E-state index in [0.717, 1.165) is 16.9 Å². The lowest BCUT2D eigenvalue weighted by Gasteiger charge is -2.15. The summed E-state index contributed by atoms with van der Waals surface area (Å²) in [6.07, 6.45) is -1.03. The first-order valence-electron chi connectivity index (χ1n) is 10.5. The monoisotopic (exact) mass is 515 g/mol. The van der Waals surface area contributed by atoms with Gasteiger partial charge in [0, 0.05) is 19.0 Å². The Labute approximate surface area is 199 Å². The maximum atomic E-state index is 14.9. The van der Waals surface area contributed by atoms with Crippen molar-refractivity contribution in [2.75, 3.05) is 18.0 Å². The van der Waals surface area contributed by atoms with Gasteiger partial charge in [0.05, 0.1) is 25.3 Å². The van der Waals surface area contributed by atoms with Crippen LogP contribution in [-0.2, 0) is 22.6 Å². The summed E-state index contributed by atoms with van der Waals surface area (Å²) in [6, 6.07) is 16.0. The molecule has 1 aliphatic heterocycles. The summed E-state index contributed by atoms with van der Waals surface area (Å²) in [5, 5.41) is 5.92. The van der Waals surface area contributed by atoms with Crippen LogP contribution in [0.2, 0.25) is 0 Å². The number of furan rings is 1. The van der Waals surface area contributed by atoms with Crippen LogP contribution < -0.4 is 15.5 Å². The van der Waals surface area contributed by atoms with Crippen LogP contribution in [0.25, 0.3) is 11.1 Å². The highest BCUT2D eigenvalue weighted by Crippen LogP contribution is 2.29. The Hall–Kier alpha value is -3.17. The van der Waals surface area contributed by atoms with Crippen LogP contribution in [0.5, 0.6) is 0 Å². The number of benzene rings is 2. The molecule has 2 aromatic carbocycles. The second-order valence-corrected chi connectivity index (χ2v) is 8.51. The number of halogens is 2. The fourth-order valence-electron chi connectivity index (χ4n) is 3.58. The van der Waals surface area contributed by atoms with Gasteiger partial charge in [-0.25, -0.2) is 9.18 Å². The molecule has 1 aromatic heterocycles. The lowest BCUT2D eigenvalue weighted by atomic mass is 10.0. The van der Waals surface area contributed by atoms with Crippen molar-refractivity contribution in [3.63, 3.8) is 0 Å². The van der Waals surface area contributed by atoms with Gasteiger partial charge in [-0.15, -0.1) is 0 Å². The molecule has 2 heterocycles. The number of anilines is 1. The van der Waals surface area contributed by atoms with E-state index in [9.17, 15) is 14.0 Å². The number of hydrogen-bond donors (Lipinski definition) is 2. The number of nitrogens with one attached hydrogen (secondary N) is 2. The van der Waals surface area contributed by atoms with E-state index >= 15 is 0 Å². The van der Waals surface area contributed by atoms with Crippen molar-refractivity contribution >= 4 is 33.6 Å². The second-order valence-electron chi connectivity index (χ2n) is 7.72. The summed E-state index contributed by atoms with van der Waals surface area (Å²) in [5.74, 6) is 0.205. The molecule has 0 bridgehead atoms. The van der Waals surface area contributed by atoms with Crippen molar-refractivity contribution < 1.29 is 23.1 Å². The lowest BCUT2D eigenvalue weighted by molar-refractivity contribution is -0.119. The highest BCUT2D eigenvalue weighted by molar-refractivity contribution is 9.10. The van der Waals surface area contributed by atoms with Crippen LogP contribution in [0.15, 0.2) is 63.7 Å². The van der Waals surface area contributed by atoms with Crippen LogP contribution >= 0.6 is 15.9 Å². The molecule has 33 heavy (non-hydrogen) atoms. The Balaban J connectivity index is 1.37. The summed E-state index contributed by atoms with van der Waals surface area (Å²) in [7, 11) is 0. The third kappa shape index (κ3) is 5.80. The van der Waals surface area contributed by atoms with E-state index in [1.165, 1.54) is 17.9 Å². The molecule has 7 nitrogen and oxygen atoms in total. The van der Waals surface area contributed by atoms with E-state index < -0.39 is 18.0 Å². The third-order valence-electron chi connectivity index (χ3n) is 5.24. The van der Waals surface area contributed by atoms with Gasteiger partial charge in [-0.1, -0.05) is 24.3 Å². The predicted octanol–water partition coefficient (Wildman–Crippen LogP) is 4.60. The molecule has 1 atom stereocenters. The normalized spacial score (nSPS) is 15.5. The molecule has 4 rings (SSSR count). The second kappa shape index (κ2) is 10.2. The van der Waals surface area contributed by atoms with Crippen molar-refractivity contribution in [2.45, 2.75) is 26.1 Å². The number of hydrogen-bond acceptors (Lipinski definition) is 5. The Bertz CT molecular complexity index is 1150. The summed E-state index contributed by atoms with van der Waals surface area (Å²) in [4.78, 5) is 24.6. The molecule has 0 aliphatic carbocycles. The van der Waals surface area contributed by atoms with Gasteiger partial charge in [0.15, 0.2) is 4.67 Å². The van der Waals surface area contributed by atoms with Gasteiger partial charge in [-0.2, -0.15) is 0 Å². The van der Waals surface area contributed by atoms with Crippen LogP contribution in [0.3, 0.4) is 0 Å². The Morgan fingerprint density at radius 2 is 1.94 bits per heavy atom. The maximum Gasteiger partial charge on any atom is 0.414 e. The van der Waals surface area contributed by atoms with Crippen LogP contribution in [0.1, 0.15) is 18.2 Å². The SMILES string of the molecule is CC(=O)NCC1CN(c2ccc(-c3ccc(CNCc4ccc(Br)o4)cc3)c(F)c2)C(=O)O1. The van der Waals surface area contributed by atoms with Crippen molar-refractivity contribution in [1.82, 2.24) is 10.6 Å². The molecular weight excluding hydrogens is 493 g/mol. The van der Waals surface area contributed by atoms with Crippen LogP contribution in [0.4, 0.5) is 14.9 Å². The first kappa shape index (κ1) is 23.0. The lowest BCUT2D eigenvalue weighted by Crippen LogP contribution is -2.33. The standard InChI is InChI=1S/C24H23BrFN3O4/c1-15(30)28-13-20-14-29(24(31)33-20)18-6-8-21(22(26)10-18)17-4-2-16(3-5-17)11-27-12-19-7-9-23(25)32-19/h2-10,20,27H,11-14H2,1H3,(H,28,30). The average molecular weight is 516 g/mol. The van der Waals surface area contributed by atoms with E-state index in [2.05, 4.69) is 26.6 Å². The molecule has 0 spiro atoms. The predicted molar refractivity (Wildman–Crippen MR) is 125 cm³/mol. The van der Waals surface area contributed by atoms with Gasteiger partial charge < -0.3 is 19.8 Å². The molecule has 0 saturated carbocycles. The number of nitrogens with zero attached hydrogens (tertiary/aromatic N) is 1. The Morgan fingerprint density at radius 1 is 1.15 bits per heavy atom. The van der Waals surface area contributed by atoms with Crippen molar-refractivity contribution in [3.8, 4) is 11.1 Å². The fourth-order valence-corrected chi connectivity index (χ4v) is 3.92. The summed E-state index contributed by atoms with van der Waals surface area (Å²) < 4.78 is 26.3. The number of rotatable bonds is 8. The molecular formula is C24H23BrFN3O4. The topological polar surface area (TPSA) is 83.8 Å². The number of carbonyl (C=O) groups excluding carboxylic acids is 2. The first-order chi connectivity index (χ1) is 15.9. The smallest absolute Gasteiger partial charge is 0.414 e. The highest BCUT2D eigenvalue weighted by Gasteiger charge is 2.32. The third-order valence-corrected chi connectivity index (χ3v) is 5.67. The van der Waals surface area contributed by atoms with E-state index in [1.807, 2.05) is 36.4 Å². The highest BCUT2D eigenvalue weighted by atomic mass is 79.9. The molecule has 1 unspecified atom stereocenters. The minimum absolute atomic E-state index is 0.201.